The Hall–Kier alpha value is -3.48. The third-order valence-corrected chi connectivity index (χ3v) is 5.12. The van der Waals surface area contributed by atoms with Gasteiger partial charge in [0.2, 0.25) is 6.10 Å². The number of para-hydroxylation sites is 2. The molecule has 0 spiro atoms. The van der Waals surface area contributed by atoms with Crippen LogP contribution >= 0.6 is 0 Å². The molecule has 0 saturated carbocycles. The van der Waals surface area contributed by atoms with Crippen LogP contribution in [0.4, 0.5) is 13.2 Å². The van der Waals surface area contributed by atoms with E-state index in [0.29, 0.717) is 17.1 Å². The van der Waals surface area contributed by atoms with Crippen LogP contribution in [-0.2, 0) is 11.0 Å². The van der Waals surface area contributed by atoms with E-state index in [1.165, 1.54) is 12.1 Å². The van der Waals surface area contributed by atoms with Crippen LogP contribution in [0.5, 0.6) is 11.5 Å². The summed E-state index contributed by atoms with van der Waals surface area (Å²) < 4.78 is 50.1. The maximum atomic E-state index is 12.9. The summed E-state index contributed by atoms with van der Waals surface area (Å²) in [7, 11) is 0. The van der Waals surface area contributed by atoms with Crippen molar-refractivity contribution in [1.82, 2.24) is 5.32 Å². The zero-order valence-electron chi connectivity index (χ0n) is 16.4. The van der Waals surface area contributed by atoms with Gasteiger partial charge in [0.1, 0.15) is 6.61 Å². The van der Waals surface area contributed by atoms with E-state index in [1.54, 1.807) is 18.2 Å². The topological polar surface area (TPSA) is 47.6 Å². The van der Waals surface area contributed by atoms with Crippen molar-refractivity contribution in [3.8, 4) is 11.5 Å². The van der Waals surface area contributed by atoms with Gasteiger partial charge in [0, 0.05) is 12.5 Å². The molecule has 4 rings (SSSR count). The van der Waals surface area contributed by atoms with E-state index < -0.39 is 17.8 Å². The standard InChI is InChI=1S/C24H20F3NO3/c25-24(26,27)18-12-10-17(11-13-18)19(16-6-2-1-3-7-16)14-28-23(29)22-15-30-20-8-4-5-9-21(20)31-22/h1-13,19,22H,14-15H2,(H,28,29). The van der Waals surface area contributed by atoms with Gasteiger partial charge in [-0.3, -0.25) is 4.79 Å². The third-order valence-electron chi connectivity index (χ3n) is 5.12. The lowest BCUT2D eigenvalue weighted by molar-refractivity contribution is -0.137. The number of amides is 1. The third kappa shape index (κ3) is 4.82. The maximum absolute atomic E-state index is 12.9. The Morgan fingerprint density at radius 2 is 1.52 bits per heavy atom. The molecular formula is C24H20F3NO3. The lowest BCUT2D eigenvalue weighted by atomic mass is 9.90. The van der Waals surface area contributed by atoms with Gasteiger partial charge in [0.05, 0.1) is 5.56 Å². The number of alkyl halides is 3. The van der Waals surface area contributed by atoms with E-state index >= 15 is 0 Å². The van der Waals surface area contributed by atoms with Gasteiger partial charge in [-0.15, -0.1) is 0 Å². The van der Waals surface area contributed by atoms with Crippen LogP contribution in [0.25, 0.3) is 0 Å². The minimum absolute atomic E-state index is 0.0825. The molecule has 1 N–H and O–H groups in total. The second-order valence-corrected chi connectivity index (χ2v) is 7.19. The lowest BCUT2D eigenvalue weighted by Crippen LogP contribution is -2.45. The summed E-state index contributed by atoms with van der Waals surface area (Å²) in [5, 5.41) is 2.86. The second-order valence-electron chi connectivity index (χ2n) is 7.19. The van der Waals surface area contributed by atoms with Crippen molar-refractivity contribution in [2.24, 2.45) is 0 Å². The van der Waals surface area contributed by atoms with Gasteiger partial charge in [-0.1, -0.05) is 54.6 Å². The fourth-order valence-corrected chi connectivity index (χ4v) is 3.48. The van der Waals surface area contributed by atoms with E-state index in [9.17, 15) is 18.0 Å². The highest BCUT2D eigenvalue weighted by molar-refractivity contribution is 5.81. The fourth-order valence-electron chi connectivity index (χ4n) is 3.48. The summed E-state index contributed by atoms with van der Waals surface area (Å²) in [6.07, 6.45) is -5.21. The van der Waals surface area contributed by atoms with Crippen LogP contribution in [-0.4, -0.2) is 25.2 Å². The van der Waals surface area contributed by atoms with Crippen LogP contribution in [0, 0.1) is 0 Å². The molecule has 160 valence electrons. The van der Waals surface area contributed by atoms with E-state index in [2.05, 4.69) is 5.32 Å². The normalized spacial score (nSPS) is 16.4. The van der Waals surface area contributed by atoms with Gasteiger partial charge in [-0.05, 0) is 35.4 Å². The zero-order chi connectivity index (χ0) is 21.8. The number of nitrogens with one attached hydrogen (secondary N) is 1. The number of hydrogen-bond donors (Lipinski definition) is 1. The largest absolute Gasteiger partial charge is 0.485 e. The van der Waals surface area contributed by atoms with Gasteiger partial charge in [-0.2, -0.15) is 13.2 Å². The number of rotatable bonds is 5. The Bertz CT molecular complexity index is 1040. The molecule has 1 heterocycles. The summed E-state index contributed by atoms with van der Waals surface area (Å²) in [5.74, 6) is 0.418. The molecule has 2 unspecified atom stereocenters. The fraction of sp³-hybridized carbons (Fsp3) is 0.208. The van der Waals surface area contributed by atoms with Crippen LogP contribution in [0.1, 0.15) is 22.6 Å². The molecule has 0 fully saturated rings. The number of halogens is 3. The average Bonchev–Trinajstić information content (AvgIpc) is 2.79. The minimum Gasteiger partial charge on any atom is -0.485 e. The quantitative estimate of drug-likeness (QED) is 0.637. The molecule has 7 heteroatoms. The summed E-state index contributed by atoms with van der Waals surface area (Å²) >= 11 is 0. The van der Waals surface area contributed by atoms with Crippen molar-refractivity contribution in [2.45, 2.75) is 18.2 Å². The average molecular weight is 427 g/mol. The zero-order valence-corrected chi connectivity index (χ0v) is 16.4. The van der Waals surface area contributed by atoms with Crippen molar-refractivity contribution >= 4 is 5.91 Å². The van der Waals surface area contributed by atoms with E-state index in [1.807, 2.05) is 36.4 Å². The van der Waals surface area contributed by atoms with E-state index in [4.69, 9.17) is 9.47 Å². The summed E-state index contributed by atoms with van der Waals surface area (Å²) in [5.41, 5.74) is 0.845. The van der Waals surface area contributed by atoms with Crippen LogP contribution < -0.4 is 14.8 Å². The van der Waals surface area contributed by atoms with Gasteiger partial charge < -0.3 is 14.8 Å². The van der Waals surface area contributed by atoms with Crippen molar-refractivity contribution in [1.29, 1.82) is 0 Å². The molecule has 1 aliphatic rings. The Balaban J connectivity index is 1.49. The van der Waals surface area contributed by atoms with Crippen molar-refractivity contribution in [3.05, 3.63) is 95.6 Å². The predicted octanol–water partition coefficient (Wildman–Crippen LogP) is 4.79. The smallest absolute Gasteiger partial charge is 0.416 e. The highest BCUT2D eigenvalue weighted by Crippen LogP contribution is 2.32. The van der Waals surface area contributed by atoms with Crippen LogP contribution in [0.2, 0.25) is 0 Å². The van der Waals surface area contributed by atoms with Crippen LogP contribution in [0.3, 0.4) is 0 Å². The molecule has 0 aromatic heterocycles. The van der Waals surface area contributed by atoms with Crippen LogP contribution in [0.15, 0.2) is 78.9 Å². The Labute approximate surface area is 177 Å². The number of fused-ring (bicyclic) bond motifs is 1. The van der Waals surface area contributed by atoms with Crippen molar-refractivity contribution in [2.75, 3.05) is 13.2 Å². The molecule has 1 aliphatic heterocycles. The first kappa shape index (κ1) is 20.8. The predicted molar refractivity (Wildman–Crippen MR) is 109 cm³/mol. The van der Waals surface area contributed by atoms with Gasteiger partial charge >= 0.3 is 6.18 Å². The summed E-state index contributed by atoms with van der Waals surface area (Å²) in [6, 6.07) is 21.4. The summed E-state index contributed by atoms with van der Waals surface area (Å²) in [4.78, 5) is 12.7. The van der Waals surface area contributed by atoms with E-state index in [0.717, 1.165) is 17.7 Å². The van der Waals surface area contributed by atoms with Crippen molar-refractivity contribution < 1.29 is 27.4 Å². The maximum Gasteiger partial charge on any atom is 0.416 e. The molecule has 2 atom stereocenters. The molecule has 31 heavy (non-hydrogen) atoms. The number of benzene rings is 3. The van der Waals surface area contributed by atoms with Crippen molar-refractivity contribution in [3.63, 3.8) is 0 Å². The lowest BCUT2D eigenvalue weighted by Gasteiger charge is -2.26. The number of carbonyl (C=O) groups excluding carboxylic acids is 1. The second kappa shape index (κ2) is 8.71. The monoisotopic (exact) mass is 427 g/mol. The molecule has 0 radical (unpaired) electrons. The molecular weight excluding hydrogens is 407 g/mol. The Morgan fingerprint density at radius 3 is 2.19 bits per heavy atom. The first-order valence-corrected chi connectivity index (χ1v) is 9.80. The molecule has 4 nitrogen and oxygen atoms in total. The molecule has 0 saturated heterocycles. The first-order chi connectivity index (χ1) is 14.9. The Kier molecular flexibility index (Phi) is 5.84. The Morgan fingerprint density at radius 1 is 0.903 bits per heavy atom. The highest BCUT2D eigenvalue weighted by Gasteiger charge is 2.31. The highest BCUT2D eigenvalue weighted by atomic mass is 19.4. The molecule has 0 aliphatic carbocycles. The number of carbonyl (C=O) groups is 1. The minimum atomic E-state index is -4.40. The number of hydrogen-bond acceptors (Lipinski definition) is 3. The number of ether oxygens (including phenoxy) is 2. The van der Waals surface area contributed by atoms with Gasteiger partial charge in [0.15, 0.2) is 11.5 Å². The molecule has 3 aromatic carbocycles. The SMILES string of the molecule is O=C(NCC(c1ccccc1)c1ccc(C(F)(F)F)cc1)C1COc2ccccc2O1. The van der Waals surface area contributed by atoms with Gasteiger partial charge in [0.25, 0.3) is 5.91 Å². The van der Waals surface area contributed by atoms with Gasteiger partial charge in [-0.25, -0.2) is 0 Å². The molecule has 3 aromatic rings. The first-order valence-electron chi connectivity index (χ1n) is 9.80. The van der Waals surface area contributed by atoms with E-state index in [-0.39, 0.29) is 25.0 Å². The molecule has 1 amide bonds. The molecule has 0 bridgehead atoms. The summed E-state index contributed by atoms with van der Waals surface area (Å²) in [6.45, 7) is 0.287.